The highest BCUT2D eigenvalue weighted by Gasteiger charge is 2.25. The lowest BCUT2D eigenvalue weighted by molar-refractivity contribution is -0.387. The maximum absolute atomic E-state index is 11.2. The molecule has 0 aliphatic heterocycles. The zero-order chi connectivity index (χ0) is 13.2. The lowest BCUT2D eigenvalue weighted by Crippen LogP contribution is -2.23. The smallest absolute Gasteiger partial charge is 0.314 e. The quantitative estimate of drug-likeness (QED) is 0.591. The van der Waals surface area contributed by atoms with Crippen LogP contribution in [-0.2, 0) is 0 Å². The van der Waals surface area contributed by atoms with Gasteiger partial charge in [-0.25, -0.2) is 0 Å². The molecule has 0 bridgehead atoms. The van der Waals surface area contributed by atoms with Crippen molar-refractivity contribution in [3.63, 3.8) is 0 Å². The SMILES string of the molecule is CC(C)c1cccc(OC(C)(C)C)c1[N+](=O)[O-]. The van der Waals surface area contributed by atoms with Crippen molar-refractivity contribution in [3.8, 4) is 5.75 Å². The van der Waals surface area contributed by atoms with Crippen molar-refractivity contribution in [2.75, 3.05) is 0 Å². The topological polar surface area (TPSA) is 52.4 Å². The number of nitro benzene ring substituents is 1. The molecular weight excluding hydrogens is 218 g/mol. The van der Waals surface area contributed by atoms with Crippen LogP contribution in [0.15, 0.2) is 18.2 Å². The number of rotatable bonds is 3. The van der Waals surface area contributed by atoms with Crippen LogP contribution in [0.5, 0.6) is 5.75 Å². The van der Waals surface area contributed by atoms with E-state index in [1.807, 2.05) is 34.6 Å². The van der Waals surface area contributed by atoms with Gasteiger partial charge in [0.25, 0.3) is 0 Å². The first-order chi connectivity index (χ1) is 7.72. The fourth-order valence-corrected chi connectivity index (χ4v) is 1.61. The summed E-state index contributed by atoms with van der Waals surface area (Å²) in [6, 6.07) is 5.22. The molecule has 0 saturated carbocycles. The van der Waals surface area contributed by atoms with Crippen LogP contribution < -0.4 is 4.74 Å². The van der Waals surface area contributed by atoms with Crippen molar-refractivity contribution < 1.29 is 9.66 Å². The highest BCUT2D eigenvalue weighted by atomic mass is 16.6. The van der Waals surface area contributed by atoms with Gasteiger partial charge in [0.1, 0.15) is 5.60 Å². The van der Waals surface area contributed by atoms with Gasteiger partial charge in [0.2, 0.25) is 0 Å². The Morgan fingerprint density at radius 2 is 1.88 bits per heavy atom. The van der Waals surface area contributed by atoms with Gasteiger partial charge in [0.05, 0.1) is 4.92 Å². The predicted molar refractivity (Wildman–Crippen MR) is 67.6 cm³/mol. The van der Waals surface area contributed by atoms with Crippen molar-refractivity contribution in [1.82, 2.24) is 0 Å². The molecule has 0 radical (unpaired) electrons. The van der Waals surface area contributed by atoms with E-state index in [4.69, 9.17) is 4.74 Å². The Balaban J connectivity index is 3.30. The van der Waals surface area contributed by atoms with Gasteiger partial charge in [-0.3, -0.25) is 10.1 Å². The molecule has 4 heteroatoms. The monoisotopic (exact) mass is 237 g/mol. The van der Waals surface area contributed by atoms with Crippen LogP contribution in [0.25, 0.3) is 0 Å². The summed E-state index contributed by atoms with van der Waals surface area (Å²) in [6.07, 6.45) is 0. The summed E-state index contributed by atoms with van der Waals surface area (Å²) in [5.41, 5.74) is 0.342. The Hall–Kier alpha value is -1.58. The average molecular weight is 237 g/mol. The van der Waals surface area contributed by atoms with E-state index in [2.05, 4.69) is 0 Å². The molecule has 1 rings (SSSR count). The maximum Gasteiger partial charge on any atom is 0.314 e. The lowest BCUT2D eigenvalue weighted by atomic mass is 10.0. The third kappa shape index (κ3) is 3.44. The second-order valence-corrected chi connectivity index (χ2v) is 5.32. The summed E-state index contributed by atoms with van der Waals surface area (Å²) in [6.45, 7) is 9.49. The van der Waals surface area contributed by atoms with E-state index in [1.165, 1.54) is 0 Å². The molecule has 1 aromatic carbocycles. The van der Waals surface area contributed by atoms with E-state index in [0.29, 0.717) is 11.3 Å². The summed E-state index contributed by atoms with van der Waals surface area (Å²) in [4.78, 5) is 10.8. The molecule has 0 aliphatic rings. The van der Waals surface area contributed by atoms with E-state index < -0.39 is 5.60 Å². The Kier molecular flexibility index (Phi) is 3.76. The molecule has 17 heavy (non-hydrogen) atoms. The Morgan fingerprint density at radius 3 is 2.29 bits per heavy atom. The van der Waals surface area contributed by atoms with Crippen LogP contribution in [0.3, 0.4) is 0 Å². The van der Waals surface area contributed by atoms with Crippen LogP contribution in [0, 0.1) is 10.1 Å². The van der Waals surface area contributed by atoms with Crippen molar-refractivity contribution in [3.05, 3.63) is 33.9 Å². The minimum atomic E-state index is -0.444. The molecule has 0 fully saturated rings. The zero-order valence-corrected chi connectivity index (χ0v) is 11.0. The van der Waals surface area contributed by atoms with E-state index in [0.717, 1.165) is 0 Å². The number of ether oxygens (including phenoxy) is 1. The molecule has 1 aromatic rings. The molecule has 0 unspecified atom stereocenters. The molecule has 0 heterocycles. The highest BCUT2D eigenvalue weighted by molar-refractivity contribution is 5.54. The number of hydrogen-bond acceptors (Lipinski definition) is 3. The van der Waals surface area contributed by atoms with Crippen molar-refractivity contribution in [2.45, 2.75) is 46.1 Å². The molecule has 0 spiro atoms. The number of hydrogen-bond donors (Lipinski definition) is 0. The minimum Gasteiger partial charge on any atom is -0.481 e. The number of nitrogens with zero attached hydrogens (tertiary/aromatic N) is 1. The number of nitro groups is 1. The average Bonchev–Trinajstić information content (AvgIpc) is 2.14. The summed E-state index contributed by atoms with van der Waals surface area (Å²) in [5.74, 6) is 0.438. The number of para-hydroxylation sites is 1. The molecule has 4 nitrogen and oxygen atoms in total. The minimum absolute atomic E-state index is 0.0809. The van der Waals surface area contributed by atoms with E-state index in [1.54, 1.807) is 18.2 Å². The first-order valence-corrected chi connectivity index (χ1v) is 5.68. The predicted octanol–water partition coefficient (Wildman–Crippen LogP) is 3.90. The summed E-state index contributed by atoms with van der Waals surface area (Å²) >= 11 is 0. The Morgan fingerprint density at radius 1 is 1.29 bits per heavy atom. The number of benzene rings is 1. The fraction of sp³-hybridized carbons (Fsp3) is 0.538. The highest BCUT2D eigenvalue weighted by Crippen LogP contribution is 2.36. The van der Waals surface area contributed by atoms with Gasteiger partial charge in [-0.2, -0.15) is 0 Å². The normalized spacial score (nSPS) is 11.6. The van der Waals surface area contributed by atoms with Gasteiger partial charge < -0.3 is 4.74 Å². The van der Waals surface area contributed by atoms with Crippen LogP contribution >= 0.6 is 0 Å². The summed E-state index contributed by atoms with van der Waals surface area (Å²) in [7, 11) is 0. The maximum atomic E-state index is 11.2. The third-order valence-electron chi connectivity index (χ3n) is 2.25. The second-order valence-electron chi connectivity index (χ2n) is 5.32. The standard InChI is InChI=1S/C13H19NO3/c1-9(2)10-7-6-8-11(12(10)14(15)16)17-13(3,4)5/h6-9H,1-5H3. The molecule has 0 atom stereocenters. The molecule has 0 N–H and O–H groups in total. The van der Waals surface area contributed by atoms with Crippen molar-refractivity contribution in [2.24, 2.45) is 0 Å². The van der Waals surface area contributed by atoms with Gasteiger partial charge in [0, 0.05) is 5.56 Å². The summed E-state index contributed by atoms with van der Waals surface area (Å²) < 4.78 is 5.64. The van der Waals surface area contributed by atoms with Crippen LogP contribution in [0.4, 0.5) is 5.69 Å². The molecule has 0 saturated heterocycles. The van der Waals surface area contributed by atoms with Gasteiger partial charge in [-0.1, -0.05) is 26.0 Å². The van der Waals surface area contributed by atoms with Gasteiger partial charge in [-0.05, 0) is 32.8 Å². The van der Waals surface area contributed by atoms with Crippen LogP contribution in [-0.4, -0.2) is 10.5 Å². The fourth-order valence-electron chi connectivity index (χ4n) is 1.61. The molecular formula is C13H19NO3. The Labute approximate surface area is 102 Å². The molecule has 94 valence electrons. The van der Waals surface area contributed by atoms with Crippen molar-refractivity contribution in [1.29, 1.82) is 0 Å². The zero-order valence-electron chi connectivity index (χ0n) is 11.0. The van der Waals surface area contributed by atoms with Crippen molar-refractivity contribution >= 4 is 5.69 Å². The lowest BCUT2D eigenvalue weighted by Gasteiger charge is -2.22. The van der Waals surface area contributed by atoms with Crippen LogP contribution in [0.1, 0.15) is 46.1 Å². The van der Waals surface area contributed by atoms with Gasteiger partial charge >= 0.3 is 5.69 Å². The van der Waals surface area contributed by atoms with E-state index >= 15 is 0 Å². The molecule has 0 aromatic heterocycles. The first kappa shape index (κ1) is 13.5. The third-order valence-corrected chi connectivity index (χ3v) is 2.25. The molecule has 0 aliphatic carbocycles. The van der Waals surface area contributed by atoms with Crippen LogP contribution in [0.2, 0.25) is 0 Å². The van der Waals surface area contributed by atoms with Gasteiger partial charge in [-0.15, -0.1) is 0 Å². The van der Waals surface area contributed by atoms with Gasteiger partial charge in [0.15, 0.2) is 5.75 Å². The summed E-state index contributed by atoms with van der Waals surface area (Å²) in [5, 5.41) is 11.2. The first-order valence-electron chi connectivity index (χ1n) is 5.68. The molecule has 0 amide bonds. The van der Waals surface area contributed by atoms with E-state index in [9.17, 15) is 10.1 Å². The second kappa shape index (κ2) is 4.73. The largest absolute Gasteiger partial charge is 0.481 e. The Bertz CT molecular complexity index is 419. The van der Waals surface area contributed by atoms with E-state index in [-0.39, 0.29) is 16.5 Å².